The van der Waals surface area contributed by atoms with Crippen molar-refractivity contribution >= 4 is 10.0 Å². The van der Waals surface area contributed by atoms with Gasteiger partial charge in [-0.25, -0.2) is 13.1 Å². The lowest BCUT2D eigenvalue weighted by Crippen LogP contribution is -2.38. The molecule has 1 aromatic rings. The smallest absolute Gasteiger partial charge is 0.242 e. The van der Waals surface area contributed by atoms with E-state index in [-0.39, 0.29) is 4.90 Å². The van der Waals surface area contributed by atoms with Gasteiger partial charge >= 0.3 is 0 Å². The van der Waals surface area contributed by atoms with E-state index in [1.165, 1.54) is 12.3 Å². The van der Waals surface area contributed by atoms with Crippen LogP contribution in [0.15, 0.2) is 23.2 Å². The quantitative estimate of drug-likeness (QED) is 0.661. The van der Waals surface area contributed by atoms with Gasteiger partial charge in [-0.05, 0) is 25.1 Å². The Morgan fingerprint density at radius 2 is 2.10 bits per heavy atom. The van der Waals surface area contributed by atoms with Gasteiger partial charge in [0.05, 0.1) is 18.9 Å². The lowest BCUT2D eigenvalue weighted by molar-refractivity contribution is 0.0376. The highest BCUT2D eigenvalue weighted by atomic mass is 32.2. The summed E-state index contributed by atoms with van der Waals surface area (Å²) in [6, 6.07) is 3.15. The summed E-state index contributed by atoms with van der Waals surface area (Å²) in [4.78, 5) is 6.44. The maximum absolute atomic E-state index is 12.1. The fraction of sp³-hybridized carbons (Fsp3) is 0.615. The Hall–Kier alpha value is -1.06. The van der Waals surface area contributed by atoms with Crippen LogP contribution in [0.3, 0.4) is 0 Å². The third-order valence-corrected chi connectivity index (χ3v) is 4.81. The Kier molecular flexibility index (Phi) is 6.07. The lowest BCUT2D eigenvalue weighted by Gasteiger charge is -2.26. The summed E-state index contributed by atoms with van der Waals surface area (Å²) in [5, 5.41) is 0. The Morgan fingerprint density at radius 1 is 1.33 bits per heavy atom. The van der Waals surface area contributed by atoms with Crippen LogP contribution in [0.1, 0.15) is 12.1 Å². The summed E-state index contributed by atoms with van der Waals surface area (Å²) in [7, 11) is -3.48. The minimum absolute atomic E-state index is 0.172. The third kappa shape index (κ3) is 5.01. The number of morpholine rings is 1. The number of ether oxygens (including phenoxy) is 1. The molecule has 8 heteroatoms. The zero-order chi connectivity index (χ0) is 15.1. The third-order valence-electron chi connectivity index (χ3n) is 3.36. The molecule has 0 atom stereocenters. The van der Waals surface area contributed by atoms with Gasteiger partial charge in [0.1, 0.15) is 4.90 Å². The molecule has 21 heavy (non-hydrogen) atoms. The lowest BCUT2D eigenvalue weighted by atomic mass is 10.3. The molecule has 0 aliphatic carbocycles. The van der Waals surface area contributed by atoms with Crippen molar-refractivity contribution in [3.63, 3.8) is 0 Å². The van der Waals surface area contributed by atoms with Gasteiger partial charge < -0.3 is 10.5 Å². The molecule has 1 saturated heterocycles. The van der Waals surface area contributed by atoms with Crippen LogP contribution in [0, 0.1) is 0 Å². The molecule has 0 spiro atoms. The average molecular weight is 314 g/mol. The number of hydrogen-bond acceptors (Lipinski definition) is 6. The topological polar surface area (TPSA) is 97.5 Å². The minimum Gasteiger partial charge on any atom is -0.379 e. The summed E-state index contributed by atoms with van der Waals surface area (Å²) in [6.07, 6.45) is 2.11. The molecule has 1 aromatic heterocycles. The van der Waals surface area contributed by atoms with Gasteiger partial charge in [0.2, 0.25) is 10.0 Å². The molecule has 0 aromatic carbocycles. The van der Waals surface area contributed by atoms with Crippen LogP contribution < -0.4 is 10.5 Å². The number of nitrogens with one attached hydrogen (secondary N) is 1. The SMILES string of the molecule is NCc1ccc(S(=O)(=O)NCCCN2CCOCC2)cn1. The summed E-state index contributed by atoms with van der Waals surface area (Å²) < 4.78 is 32.0. The van der Waals surface area contributed by atoms with E-state index in [1.807, 2.05) is 0 Å². The van der Waals surface area contributed by atoms with Crippen LogP contribution in [-0.4, -0.2) is 57.7 Å². The first-order valence-corrected chi connectivity index (χ1v) is 8.55. The maximum atomic E-state index is 12.1. The van der Waals surface area contributed by atoms with E-state index in [1.54, 1.807) is 6.07 Å². The highest BCUT2D eigenvalue weighted by Crippen LogP contribution is 2.07. The van der Waals surface area contributed by atoms with Crippen molar-refractivity contribution in [3.8, 4) is 0 Å². The molecular weight excluding hydrogens is 292 g/mol. The van der Waals surface area contributed by atoms with E-state index in [9.17, 15) is 8.42 Å². The Bertz CT molecular complexity index is 527. The van der Waals surface area contributed by atoms with Gasteiger partial charge in [-0.1, -0.05) is 0 Å². The molecule has 0 radical (unpaired) electrons. The number of nitrogens with two attached hydrogens (primary N) is 1. The number of rotatable bonds is 7. The number of aromatic nitrogens is 1. The van der Waals surface area contributed by atoms with E-state index in [0.29, 0.717) is 18.8 Å². The van der Waals surface area contributed by atoms with Crippen molar-refractivity contribution in [2.45, 2.75) is 17.9 Å². The fourth-order valence-electron chi connectivity index (χ4n) is 2.11. The first kappa shape index (κ1) is 16.3. The summed E-state index contributed by atoms with van der Waals surface area (Å²) in [5.74, 6) is 0. The van der Waals surface area contributed by atoms with Gasteiger partial charge in [-0.2, -0.15) is 0 Å². The Morgan fingerprint density at radius 3 is 2.71 bits per heavy atom. The van der Waals surface area contributed by atoms with E-state index in [2.05, 4.69) is 14.6 Å². The Balaban J connectivity index is 1.77. The van der Waals surface area contributed by atoms with Crippen molar-refractivity contribution in [3.05, 3.63) is 24.0 Å². The second-order valence-corrected chi connectivity index (χ2v) is 6.66. The monoisotopic (exact) mass is 314 g/mol. The fourth-order valence-corrected chi connectivity index (χ4v) is 3.13. The largest absolute Gasteiger partial charge is 0.379 e. The molecule has 2 heterocycles. The molecular formula is C13H22N4O3S. The van der Waals surface area contributed by atoms with Crippen LogP contribution in [0.5, 0.6) is 0 Å². The van der Waals surface area contributed by atoms with Gasteiger partial charge in [-0.3, -0.25) is 9.88 Å². The maximum Gasteiger partial charge on any atom is 0.242 e. The van der Waals surface area contributed by atoms with Gasteiger partial charge in [0.15, 0.2) is 0 Å². The number of hydrogen-bond donors (Lipinski definition) is 2. The van der Waals surface area contributed by atoms with Crippen LogP contribution in [0.25, 0.3) is 0 Å². The number of sulfonamides is 1. The molecule has 1 fully saturated rings. The summed E-state index contributed by atoms with van der Waals surface area (Å²) in [6.45, 7) is 4.92. The van der Waals surface area contributed by atoms with Crippen LogP contribution in [-0.2, 0) is 21.3 Å². The zero-order valence-electron chi connectivity index (χ0n) is 12.0. The van der Waals surface area contributed by atoms with Gasteiger partial charge in [-0.15, -0.1) is 0 Å². The number of nitrogens with zero attached hydrogens (tertiary/aromatic N) is 2. The van der Waals surface area contributed by atoms with E-state index in [0.717, 1.165) is 39.3 Å². The molecule has 0 unspecified atom stereocenters. The molecule has 1 aliphatic heterocycles. The van der Waals surface area contributed by atoms with Crippen molar-refractivity contribution in [1.82, 2.24) is 14.6 Å². The average Bonchev–Trinajstić information content (AvgIpc) is 2.53. The summed E-state index contributed by atoms with van der Waals surface area (Å²) >= 11 is 0. The van der Waals surface area contributed by atoms with Crippen molar-refractivity contribution in [2.75, 3.05) is 39.4 Å². The molecule has 7 nitrogen and oxygen atoms in total. The first-order chi connectivity index (χ1) is 10.1. The van der Waals surface area contributed by atoms with Crippen molar-refractivity contribution in [2.24, 2.45) is 5.73 Å². The van der Waals surface area contributed by atoms with Crippen LogP contribution in [0.4, 0.5) is 0 Å². The molecule has 118 valence electrons. The van der Waals surface area contributed by atoms with Crippen LogP contribution >= 0.6 is 0 Å². The molecule has 2 rings (SSSR count). The number of pyridine rings is 1. The highest BCUT2D eigenvalue weighted by Gasteiger charge is 2.14. The predicted octanol–water partition coefficient (Wildman–Crippen LogP) is -0.459. The second-order valence-electron chi connectivity index (χ2n) is 4.89. The molecule has 3 N–H and O–H groups in total. The van der Waals surface area contributed by atoms with Gasteiger partial charge in [0.25, 0.3) is 0 Å². The zero-order valence-corrected chi connectivity index (χ0v) is 12.8. The molecule has 1 aliphatic rings. The van der Waals surface area contributed by atoms with E-state index < -0.39 is 10.0 Å². The highest BCUT2D eigenvalue weighted by molar-refractivity contribution is 7.89. The second kappa shape index (κ2) is 7.81. The van der Waals surface area contributed by atoms with E-state index >= 15 is 0 Å². The van der Waals surface area contributed by atoms with Crippen LogP contribution in [0.2, 0.25) is 0 Å². The standard InChI is InChI=1S/C13H22N4O3S/c14-10-12-2-3-13(11-15-12)21(18,19)16-4-1-5-17-6-8-20-9-7-17/h2-3,11,16H,1,4-10,14H2. The molecule has 0 saturated carbocycles. The van der Waals surface area contributed by atoms with Gasteiger partial charge in [0, 0.05) is 32.4 Å². The Labute approximate surface area is 125 Å². The molecule has 0 bridgehead atoms. The normalized spacial score (nSPS) is 17.0. The van der Waals surface area contributed by atoms with E-state index in [4.69, 9.17) is 10.5 Å². The predicted molar refractivity (Wildman–Crippen MR) is 79.2 cm³/mol. The molecule has 0 amide bonds. The minimum atomic E-state index is -3.48. The first-order valence-electron chi connectivity index (χ1n) is 7.06. The van der Waals surface area contributed by atoms with Crippen molar-refractivity contribution < 1.29 is 13.2 Å². The summed E-state index contributed by atoms with van der Waals surface area (Å²) in [5.41, 5.74) is 6.10. The van der Waals surface area contributed by atoms with Crippen molar-refractivity contribution in [1.29, 1.82) is 0 Å².